The van der Waals surface area contributed by atoms with Crippen LogP contribution in [0.3, 0.4) is 0 Å². The van der Waals surface area contributed by atoms with Crippen molar-refractivity contribution in [1.82, 2.24) is 9.97 Å². The van der Waals surface area contributed by atoms with E-state index in [1.54, 1.807) is 13.4 Å². The first-order valence-electron chi connectivity index (χ1n) is 6.37. The molecule has 3 rings (SSSR count). The van der Waals surface area contributed by atoms with Gasteiger partial charge in [-0.05, 0) is 31.4 Å². The van der Waals surface area contributed by atoms with Crippen LogP contribution < -0.4 is 5.32 Å². The first-order chi connectivity index (χ1) is 8.88. The Morgan fingerprint density at radius 3 is 3.00 bits per heavy atom. The molecule has 2 unspecified atom stereocenters. The third-order valence-corrected chi connectivity index (χ3v) is 3.62. The molecule has 0 spiro atoms. The molecular formula is C14H17N3O. The van der Waals surface area contributed by atoms with E-state index in [0.29, 0.717) is 12.1 Å². The average Bonchev–Trinajstić information content (AvgIpc) is 2.86. The molecule has 1 fully saturated rings. The summed E-state index contributed by atoms with van der Waals surface area (Å²) in [6.45, 7) is 0. The van der Waals surface area contributed by atoms with Crippen molar-refractivity contribution in [3.63, 3.8) is 0 Å². The standard InChI is InChI=1S/C14H17N3O/c1-18-13-8-4-7-12(13)17-14-10-5-2-3-6-11(10)15-9-16-14/h2-3,5-6,9,12-13H,4,7-8H2,1H3,(H,15,16,17). The SMILES string of the molecule is COC1CCCC1Nc1ncnc2ccccc12. The molecule has 94 valence electrons. The number of para-hydroxylation sites is 1. The zero-order valence-electron chi connectivity index (χ0n) is 10.5. The van der Waals surface area contributed by atoms with Crippen LogP contribution in [0.1, 0.15) is 19.3 Å². The Kier molecular flexibility index (Phi) is 3.11. The Hall–Kier alpha value is -1.68. The quantitative estimate of drug-likeness (QED) is 0.900. The number of rotatable bonds is 3. The van der Waals surface area contributed by atoms with Gasteiger partial charge >= 0.3 is 0 Å². The monoisotopic (exact) mass is 243 g/mol. The lowest BCUT2D eigenvalue weighted by Crippen LogP contribution is -2.30. The predicted octanol–water partition coefficient (Wildman–Crippen LogP) is 2.61. The van der Waals surface area contributed by atoms with Crippen molar-refractivity contribution in [1.29, 1.82) is 0 Å². The van der Waals surface area contributed by atoms with Gasteiger partial charge in [-0.2, -0.15) is 0 Å². The van der Waals surface area contributed by atoms with Gasteiger partial charge in [-0.15, -0.1) is 0 Å². The lowest BCUT2D eigenvalue weighted by Gasteiger charge is -2.20. The Morgan fingerprint density at radius 2 is 2.11 bits per heavy atom. The number of ether oxygens (including phenoxy) is 1. The molecule has 2 atom stereocenters. The maximum absolute atomic E-state index is 5.50. The zero-order chi connectivity index (χ0) is 12.4. The highest BCUT2D eigenvalue weighted by Gasteiger charge is 2.27. The summed E-state index contributed by atoms with van der Waals surface area (Å²) in [5.74, 6) is 0.912. The number of nitrogens with zero attached hydrogens (tertiary/aromatic N) is 2. The van der Waals surface area contributed by atoms with E-state index in [1.807, 2.05) is 18.2 Å². The molecule has 1 aromatic carbocycles. The lowest BCUT2D eigenvalue weighted by molar-refractivity contribution is 0.101. The fourth-order valence-corrected chi connectivity index (χ4v) is 2.67. The van der Waals surface area contributed by atoms with Crippen molar-refractivity contribution in [3.05, 3.63) is 30.6 Å². The molecule has 1 saturated carbocycles. The second kappa shape index (κ2) is 4.90. The predicted molar refractivity (Wildman–Crippen MR) is 71.6 cm³/mol. The summed E-state index contributed by atoms with van der Waals surface area (Å²) in [4.78, 5) is 8.63. The first kappa shape index (κ1) is 11.4. The average molecular weight is 243 g/mol. The molecule has 1 aromatic heterocycles. The summed E-state index contributed by atoms with van der Waals surface area (Å²) < 4.78 is 5.50. The van der Waals surface area contributed by atoms with Crippen LogP contribution >= 0.6 is 0 Å². The molecule has 0 radical (unpaired) electrons. The van der Waals surface area contributed by atoms with Crippen LogP contribution in [0, 0.1) is 0 Å². The number of nitrogens with one attached hydrogen (secondary N) is 1. The Balaban J connectivity index is 1.90. The first-order valence-corrected chi connectivity index (χ1v) is 6.37. The molecule has 0 amide bonds. The summed E-state index contributed by atoms with van der Waals surface area (Å²) in [7, 11) is 1.78. The van der Waals surface area contributed by atoms with Crippen LogP contribution in [0.4, 0.5) is 5.82 Å². The summed E-state index contributed by atoms with van der Waals surface area (Å²) >= 11 is 0. The molecule has 1 heterocycles. The number of anilines is 1. The van der Waals surface area contributed by atoms with E-state index in [-0.39, 0.29) is 0 Å². The Bertz CT molecular complexity index is 538. The highest BCUT2D eigenvalue weighted by molar-refractivity contribution is 5.88. The Morgan fingerprint density at radius 1 is 1.22 bits per heavy atom. The van der Waals surface area contributed by atoms with Gasteiger partial charge < -0.3 is 10.1 Å². The zero-order valence-corrected chi connectivity index (χ0v) is 10.5. The summed E-state index contributed by atoms with van der Waals surface area (Å²) in [5, 5.41) is 4.58. The maximum atomic E-state index is 5.50. The number of aromatic nitrogens is 2. The van der Waals surface area contributed by atoms with E-state index < -0.39 is 0 Å². The van der Waals surface area contributed by atoms with E-state index in [4.69, 9.17) is 4.74 Å². The Labute approximate surface area is 106 Å². The summed E-state index contributed by atoms with van der Waals surface area (Å²) in [6, 6.07) is 8.42. The third kappa shape index (κ3) is 2.04. The van der Waals surface area contributed by atoms with E-state index >= 15 is 0 Å². The van der Waals surface area contributed by atoms with E-state index in [0.717, 1.165) is 29.6 Å². The van der Waals surface area contributed by atoms with Gasteiger partial charge in [-0.1, -0.05) is 12.1 Å². The number of fused-ring (bicyclic) bond motifs is 1. The summed E-state index contributed by atoms with van der Waals surface area (Å²) in [5.41, 5.74) is 0.974. The maximum Gasteiger partial charge on any atom is 0.137 e. The van der Waals surface area contributed by atoms with Crippen LogP contribution in [-0.4, -0.2) is 29.2 Å². The van der Waals surface area contributed by atoms with Crippen molar-refractivity contribution in [2.45, 2.75) is 31.4 Å². The van der Waals surface area contributed by atoms with Crippen LogP contribution in [0.15, 0.2) is 30.6 Å². The van der Waals surface area contributed by atoms with Crippen molar-refractivity contribution >= 4 is 16.7 Å². The number of methoxy groups -OCH3 is 1. The van der Waals surface area contributed by atoms with E-state index in [9.17, 15) is 0 Å². The number of hydrogen-bond acceptors (Lipinski definition) is 4. The molecule has 0 bridgehead atoms. The molecule has 1 N–H and O–H groups in total. The smallest absolute Gasteiger partial charge is 0.137 e. The van der Waals surface area contributed by atoms with Gasteiger partial charge in [0.1, 0.15) is 12.1 Å². The second-order valence-electron chi connectivity index (χ2n) is 4.70. The minimum absolute atomic E-state index is 0.290. The normalized spacial score (nSPS) is 23.4. The van der Waals surface area contributed by atoms with Crippen molar-refractivity contribution in [3.8, 4) is 0 Å². The molecular weight excluding hydrogens is 226 g/mol. The van der Waals surface area contributed by atoms with Gasteiger partial charge in [0.2, 0.25) is 0 Å². The minimum atomic E-state index is 0.290. The highest BCUT2D eigenvalue weighted by atomic mass is 16.5. The molecule has 1 aliphatic carbocycles. The van der Waals surface area contributed by atoms with Gasteiger partial charge in [-0.25, -0.2) is 9.97 Å². The van der Waals surface area contributed by atoms with Crippen LogP contribution in [0.2, 0.25) is 0 Å². The molecule has 4 heteroatoms. The van der Waals surface area contributed by atoms with Gasteiger partial charge in [0.05, 0.1) is 17.7 Å². The highest BCUT2D eigenvalue weighted by Crippen LogP contribution is 2.27. The second-order valence-corrected chi connectivity index (χ2v) is 4.70. The third-order valence-electron chi connectivity index (χ3n) is 3.62. The fraction of sp³-hybridized carbons (Fsp3) is 0.429. The molecule has 1 aliphatic rings. The topological polar surface area (TPSA) is 47.0 Å². The lowest BCUT2D eigenvalue weighted by atomic mass is 10.2. The van der Waals surface area contributed by atoms with Gasteiger partial charge in [-0.3, -0.25) is 0 Å². The number of hydrogen-bond donors (Lipinski definition) is 1. The van der Waals surface area contributed by atoms with E-state index in [2.05, 4.69) is 21.4 Å². The number of benzene rings is 1. The molecule has 0 aliphatic heterocycles. The molecule has 18 heavy (non-hydrogen) atoms. The van der Waals surface area contributed by atoms with Gasteiger partial charge in [0.25, 0.3) is 0 Å². The largest absolute Gasteiger partial charge is 0.379 e. The van der Waals surface area contributed by atoms with Crippen LogP contribution in [0.25, 0.3) is 10.9 Å². The summed E-state index contributed by atoms with van der Waals surface area (Å²) in [6.07, 6.45) is 5.37. The van der Waals surface area contributed by atoms with Gasteiger partial charge in [0, 0.05) is 12.5 Å². The molecule has 0 saturated heterocycles. The van der Waals surface area contributed by atoms with Crippen molar-refractivity contribution < 1.29 is 4.74 Å². The fourth-order valence-electron chi connectivity index (χ4n) is 2.67. The van der Waals surface area contributed by atoms with Crippen LogP contribution in [0.5, 0.6) is 0 Å². The van der Waals surface area contributed by atoms with Crippen LogP contribution in [-0.2, 0) is 4.74 Å². The van der Waals surface area contributed by atoms with Crippen molar-refractivity contribution in [2.75, 3.05) is 12.4 Å². The molecule has 2 aromatic rings. The van der Waals surface area contributed by atoms with Gasteiger partial charge in [0.15, 0.2) is 0 Å². The van der Waals surface area contributed by atoms with E-state index in [1.165, 1.54) is 6.42 Å². The minimum Gasteiger partial charge on any atom is -0.379 e. The van der Waals surface area contributed by atoms with Crippen molar-refractivity contribution in [2.24, 2.45) is 0 Å². The molecule has 4 nitrogen and oxygen atoms in total.